The molecule has 0 saturated heterocycles. The molecule has 0 spiro atoms. The number of aromatic nitrogens is 4. The molecule has 0 amide bonds. The Kier molecular flexibility index (Phi) is 7.10. The zero-order chi connectivity index (χ0) is 21.3. The Morgan fingerprint density at radius 1 is 1.00 bits per heavy atom. The Labute approximate surface area is 184 Å². The van der Waals surface area contributed by atoms with Crippen molar-refractivity contribution in [3.63, 3.8) is 0 Å². The number of hydrogen-bond donors (Lipinski definition) is 0. The molecule has 0 bridgehead atoms. The second kappa shape index (κ2) is 10.6. The topological polar surface area (TPSA) is 75.2 Å². The Bertz CT molecular complexity index is 1090. The van der Waals surface area contributed by atoms with Gasteiger partial charge in [0, 0.05) is 17.3 Å². The highest BCUT2D eigenvalue weighted by Crippen LogP contribution is 2.16. The van der Waals surface area contributed by atoms with Crippen molar-refractivity contribution in [2.75, 3.05) is 6.61 Å². The van der Waals surface area contributed by atoms with Crippen LogP contribution in [-0.4, -0.2) is 26.6 Å². The molecule has 0 aliphatic rings. The molecule has 0 atom stereocenters. The smallest absolute Gasteiger partial charge is 0.218 e. The second-order valence-electron chi connectivity index (χ2n) is 6.71. The van der Waals surface area contributed by atoms with E-state index in [-0.39, 0.29) is 0 Å². The van der Waals surface area contributed by atoms with E-state index in [1.165, 1.54) is 0 Å². The summed E-state index contributed by atoms with van der Waals surface area (Å²) in [5.41, 5.74) is 2.81. The van der Waals surface area contributed by atoms with Crippen LogP contribution in [0, 0.1) is 0 Å². The lowest BCUT2D eigenvalue weighted by molar-refractivity contribution is 0.110. The molecule has 31 heavy (non-hydrogen) atoms. The zero-order valence-corrected chi connectivity index (χ0v) is 17.5. The van der Waals surface area contributed by atoms with Crippen molar-refractivity contribution in [1.29, 1.82) is 0 Å². The van der Waals surface area contributed by atoms with Gasteiger partial charge in [-0.15, -0.1) is 5.10 Å². The Morgan fingerprint density at radius 2 is 1.84 bits per heavy atom. The third-order valence-corrected chi connectivity index (χ3v) is 4.63. The molecule has 2 heterocycles. The van der Waals surface area contributed by atoms with Gasteiger partial charge in [-0.3, -0.25) is 4.68 Å². The van der Waals surface area contributed by atoms with Gasteiger partial charge < -0.3 is 13.9 Å². The first-order chi connectivity index (χ1) is 15.2. The summed E-state index contributed by atoms with van der Waals surface area (Å²) in [7, 11) is 0. The van der Waals surface area contributed by atoms with Crippen molar-refractivity contribution in [3.05, 3.63) is 94.9 Å². The van der Waals surface area contributed by atoms with E-state index in [0.29, 0.717) is 37.3 Å². The Balaban J connectivity index is 1.20. The largest absolute Gasteiger partial charge is 0.487 e. The van der Waals surface area contributed by atoms with Gasteiger partial charge in [-0.2, -0.15) is 0 Å². The van der Waals surface area contributed by atoms with E-state index in [9.17, 15) is 0 Å². The molecule has 0 fully saturated rings. The van der Waals surface area contributed by atoms with E-state index < -0.39 is 0 Å². The summed E-state index contributed by atoms with van der Waals surface area (Å²) in [5.74, 6) is 1.28. The SMILES string of the molecule is Clc1ccc(/C=C/c2nc(COc3ccc(COCCn4ccnn4)cc3)co2)cc1. The van der Waals surface area contributed by atoms with Gasteiger partial charge in [0.2, 0.25) is 5.89 Å². The van der Waals surface area contributed by atoms with Crippen molar-refractivity contribution in [3.8, 4) is 5.75 Å². The zero-order valence-electron chi connectivity index (χ0n) is 16.7. The van der Waals surface area contributed by atoms with Gasteiger partial charge >= 0.3 is 0 Å². The standard InChI is InChI=1S/C23H21ClN4O3/c24-20-6-1-18(2-7-20)5-10-23-26-21(17-31-23)16-30-22-8-3-19(4-9-22)15-29-14-13-28-12-11-25-27-28/h1-12,17H,13-16H2/b10-5+. The van der Waals surface area contributed by atoms with Crippen LogP contribution < -0.4 is 4.74 Å². The van der Waals surface area contributed by atoms with Crippen molar-refractivity contribution in [2.24, 2.45) is 0 Å². The summed E-state index contributed by atoms with van der Waals surface area (Å²) >= 11 is 5.89. The normalized spacial score (nSPS) is 11.3. The first-order valence-electron chi connectivity index (χ1n) is 9.76. The predicted octanol–water partition coefficient (Wildman–Crippen LogP) is 4.89. The minimum absolute atomic E-state index is 0.325. The third kappa shape index (κ3) is 6.53. The van der Waals surface area contributed by atoms with Crippen molar-refractivity contribution >= 4 is 23.8 Å². The maximum atomic E-state index is 5.89. The van der Waals surface area contributed by atoms with E-state index in [2.05, 4.69) is 15.3 Å². The van der Waals surface area contributed by atoms with Crippen molar-refractivity contribution in [1.82, 2.24) is 20.0 Å². The Morgan fingerprint density at radius 3 is 2.61 bits per heavy atom. The summed E-state index contributed by atoms with van der Waals surface area (Å²) < 4.78 is 18.7. The number of rotatable bonds is 10. The predicted molar refractivity (Wildman–Crippen MR) is 117 cm³/mol. The molecule has 8 heteroatoms. The van der Waals surface area contributed by atoms with Crippen LogP contribution in [0.15, 0.2) is 71.6 Å². The highest BCUT2D eigenvalue weighted by Gasteiger charge is 2.03. The molecule has 0 aliphatic carbocycles. The van der Waals surface area contributed by atoms with Crippen LogP contribution in [-0.2, 0) is 24.5 Å². The van der Waals surface area contributed by atoms with Crippen molar-refractivity contribution < 1.29 is 13.9 Å². The van der Waals surface area contributed by atoms with Crippen LogP contribution in [0.1, 0.15) is 22.7 Å². The number of oxazole rings is 1. The van der Waals surface area contributed by atoms with E-state index in [0.717, 1.165) is 22.6 Å². The monoisotopic (exact) mass is 436 g/mol. The summed E-state index contributed by atoms with van der Waals surface area (Å²) in [4.78, 5) is 4.41. The summed E-state index contributed by atoms with van der Waals surface area (Å²) in [6, 6.07) is 15.3. The van der Waals surface area contributed by atoms with Gasteiger partial charge in [0.15, 0.2) is 0 Å². The quantitative estimate of drug-likeness (QED) is 0.329. The molecule has 2 aromatic carbocycles. The van der Waals surface area contributed by atoms with E-state index in [4.69, 9.17) is 25.5 Å². The lowest BCUT2D eigenvalue weighted by Crippen LogP contribution is -2.06. The van der Waals surface area contributed by atoms with Gasteiger partial charge in [0.25, 0.3) is 0 Å². The van der Waals surface area contributed by atoms with Gasteiger partial charge in [-0.1, -0.05) is 41.1 Å². The number of benzene rings is 2. The molecule has 0 unspecified atom stereocenters. The summed E-state index contributed by atoms with van der Waals surface area (Å²) in [6.07, 6.45) is 8.78. The van der Waals surface area contributed by atoms with Crippen molar-refractivity contribution in [2.45, 2.75) is 19.8 Å². The molecular weight excluding hydrogens is 416 g/mol. The molecule has 0 aliphatic heterocycles. The van der Waals surface area contributed by atoms with Crippen LogP contribution >= 0.6 is 11.6 Å². The van der Waals surface area contributed by atoms with Gasteiger partial charge in [0.05, 0.1) is 26.0 Å². The lowest BCUT2D eigenvalue weighted by Gasteiger charge is -2.07. The third-order valence-electron chi connectivity index (χ3n) is 4.37. The molecule has 2 aromatic heterocycles. The van der Waals surface area contributed by atoms with Gasteiger partial charge in [-0.25, -0.2) is 4.98 Å². The van der Waals surface area contributed by atoms with Crippen LogP contribution in [0.4, 0.5) is 0 Å². The lowest BCUT2D eigenvalue weighted by atomic mass is 10.2. The van der Waals surface area contributed by atoms with E-state index in [1.807, 2.05) is 66.9 Å². The average molecular weight is 437 g/mol. The maximum absolute atomic E-state index is 5.89. The number of halogens is 1. The first-order valence-corrected chi connectivity index (χ1v) is 10.1. The number of nitrogens with zero attached hydrogens (tertiary/aromatic N) is 4. The highest BCUT2D eigenvalue weighted by atomic mass is 35.5. The molecule has 0 N–H and O–H groups in total. The van der Waals surface area contributed by atoms with Gasteiger partial charge in [-0.05, 0) is 41.5 Å². The van der Waals surface area contributed by atoms with Crippen LogP contribution in [0.25, 0.3) is 12.2 Å². The molecule has 7 nitrogen and oxygen atoms in total. The molecule has 158 valence electrons. The fourth-order valence-corrected chi connectivity index (χ4v) is 2.87. The summed E-state index contributed by atoms with van der Waals surface area (Å²) in [6.45, 7) is 2.10. The van der Waals surface area contributed by atoms with E-state index >= 15 is 0 Å². The molecule has 4 rings (SSSR count). The Hall–Kier alpha value is -3.42. The van der Waals surface area contributed by atoms with Crippen LogP contribution in [0.5, 0.6) is 5.75 Å². The second-order valence-corrected chi connectivity index (χ2v) is 7.15. The molecule has 0 radical (unpaired) electrons. The van der Waals surface area contributed by atoms with Gasteiger partial charge in [0.1, 0.15) is 24.3 Å². The molecule has 4 aromatic rings. The average Bonchev–Trinajstić information content (AvgIpc) is 3.48. The number of hydrogen-bond acceptors (Lipinski definition) is 6. The highest BCUT2D eigenvalue weighted by molar-refractivity contribution is 6.30. The molecular formula is C23H21ClN4O3. The van der Waals surface area contributed by atoms with E-state index in [1.54, 1.807) is 17.1 Å². The molecule has 0 saturated carbocycles. The fourth-order valence-electron chi connectivity index (χ4n) is 2.75. The first kappa shape index (κ1) is 20.8. The fraction of sp³-hybridized carbons (Fsp3) is 0.174. The van der Waals surface area contributed by atoms with Crippen LogP contribution in [0.3, 0.4) is 0 Å². The minimum Gasteiger partial charge on any atom is -0.487 e. The maximum Gasteiger partial charge on any atom is 0.218 e. The van der Waals surface area contributed by atoms with Crippen LogP contribution in [0.2, 0.25) is 5.02 Å². The minimum atomic E-state index is 0.325. The number of ether oxygens (including phenoxy) is 2. The summed E-state index contributed by atoms with van der Waals surface area (Å²) in [5, 5.41) is 8.36.